The maximum Gasteiger partial charge on any atom is 0.337 e. The van der Waals surface area contributed by atoms with E-state index in [0.29, 0.717) is 5.75 Å². The highest BCUT2D eigenvalue weighted by molar-refractivity contribution is 7.89. The first-order valence-electron chi connectivity index (χ1n) is 10.5. The summed E-state index contributed by atoms with van der Waals surface area (Å²) in [5.41, 5.74) is 0.798. The summed E-state index contributed by atoms with van der Waals surface area (Å²) in [4.78, 5) is 26.1. The van der Waals surface area contributed by atoms with Crippen molar-refractivity contribution in [3.63, 3.8) is 0 Å². The van der Waals surface area contributed by atoms with Crippen molar-refractivity contribution in [2.75, 3.05) is 41.0 Å². The van der Waals surface area contributed by atoms with Crippen molar-refractivity contribution >= 4 is 22.0 Å². The second-order valence-electron chi connectivity index (χ2n) is 7.62. The molecule has 178 valence electrons. The first kappa shape index (κ1) is 24.7. The number of carbonyl (C=O) groups excluding carboxylic acids is 2. The van der Waals surface area contributed by atoms with Crippen LogP contribution in [0.15, 0.2) is 47.4 Å². The Balaban J connectivity index is 1.91. The normalized spacial score (nSPS) is 15.1. The van der Waals surface area contributed by atoms with Crippen molar-refractivity contribution in [1.29, 1.82) is 0 Å². The minimum Gasteiger partial charge on any atom is -0.497 e. The van der Waals surface area contributed by atoms with Crippen LogP contribution in [0.25, 0.3) is 0 Å². The van der Waals surface area contributed by atoms with Gasteiger partial charge in [0.2, 0.25) is 10.0 Å². The molecule has 1 atom stereocenters. The molecule has 1 fully saturated rings. The molecule has 3 rings (SSSR count). The van der Waals surface area contributed by atoms with Crippen molar-refractivity contribution in [3.05, 3.63) is 59.2 Å². The number of esters is 2. The highest BCUT2D eigenvalue weighted by Gasteiger charge is 2.27. The molecule has 9 nitrogen and oxygen atoms in total. The van der Waals surface area contributed by atoms with Gasteiger partial charge in [0.15, 0.2) is 0 Å². The van der Waals surface area contributed by atoms with Gasteiger partial charge >= 0.3 is 11.9 Å². The Hall–Kier alpha value is -2.95. The van der Waals surface area contributed by atoms with Crippen LogP contribution in [0.2, 0.25) is 0 Å². The molecule has 1 N–H and O–H groups in total. The number of likely N-dealkylation sites (tertiary alicyclic amines) is 1. The molecule has 0 aliphatic carbocycles. The van der Waals surface area contributed by atoms with E-state index < -0.39 is 22.0 Å². The van der Waals surface area contributed by atoms with Crippen LogP contribution in [-0.4, -0.2) is 66.2 Å². The number of methoxy groups -OCH3 is 3. The number of rotatable bonds is 9. The van der Waals surface area contributed by atoms with Crippen LogP contribution in [0.1, 0.15) is 45.2 Å². The highest BCUT2D eigenvalue weighted by Crippen LogP contribution is 2.28. The van der Waals surface area contributed by atoms with E-state index in [9.17, 15) is 18.0 Å². The average molecular weight is 477 g/mol. The summed E-state index contributed by atoms with van der Waals surface area (Å²) in [5.74, 6) is -0.833. The Bertz CT molecular complexity index is 1080. The zero-order chi connectivity index (χ0) is 24.0. The van der Waals surface area contributed by atoms with E-state index in [1.165, 1.54) is 32.4 Å². The topological polar surface area (TPSA) is 111 Å². The molecule has 0 saturated carbocycles. The molecule has 1 saturated heterocycles. The van der Waals surface area contributed by atoms with E-state index in [0.717, 1.165) is 31.5 Å². The summed E-state index contributed by atoms with van der Waals surface area (Å²) in [6, 6.07) is 10.9. The summed E-state index contributed by atoms with van der Waals surface area (Å²) < 4.78 is 43.7. The molecule has 2 aromatic rings. The minimum absolute atomic E-state index is 0.0651. The van der Waals surface area contributed by atoms with Crippen molar-refractivity contribution < 1.29 is 32.2 Å². The molecule has 10 heteroatoms. The molecule has 1 heterocycles. The zero-order valence-corrected chi connectivity index (χ0v) is 19.7. The van der Waals surface area contributed by atoms with Gasteiger partial charge in [0.25, 0.3) is 0 Å². The smallest absolute Gasteiger partial charge is 0.337 e. The molecule has 1 aliphatic rings. The highest BCUT2D eigenvalue weighted by atomic mass is 32.2. The lowest BCUT2D eigenvalue weighted by atomic mass is 10.1. The second kappa shape index (κ2) is 10.8. The number of benzene rings is 2. The van der Waals surface area contributed by atoms with Gasteiger partial charge in [-0.2, -0.15) is 0 Å². The SMILES string of the molecule is COC(=O)c1cc(C(=O)OC)cc(S(=O)(=O)NCC(c2cccc(OC)c2)N2CCCC2)c1. The van der Waals surface area contributed by atoms with Crippen molar-refractivity contribution in [2.45, 2.75) is 23.8 Å². The third-order valence-electron chi connectivity index (χ3n) is 5.59. The minimum atomic E-state index is -4.06. The lowest BCUT2D eigenvalue weighted by molar-refractivity contribution is 0.0598. The molecular formula is C23H28N2O7S. The molecule has 0 aromatic heterocycles. The first-order chi connectivity index (χ1) is 15.8. The van der Waals surface area contributed by atoms with E-state index in [1.807, 2.05) is 24.3 Å². The van der Waals surface area contributed by atoms with Crippen LogP contribution >= 0.6 is 0 Å². The lowest BCUT2D eigenvalue weighted by Gasteiger charge is -2.28. The number of hydrogen-bond acceptors (Lipinski definition) is 8. The maximum absolute atomic E-state index is 13.2. The predicted octanol–water partition coefficient (Wildman–Crippen LogP) is 2.38. The van der Waals surface area contributed by atoms with Crippen LogP contribution in [0.3, 0.4) is 0 Å². The number of nitrogens with zero attached hydrogens (tertiary/aromatic N) is 1. The Labute approximate surface area is 193 Å². The molecule has 0 radical (unpaired) electrons. The number of nitrogens with one attached hydrogen (secondary N) is 1. The van der Waals surface area contributed by atoms with Crippen LogP contribution in [0, 0.1) is 0 Å². The molecule has 0 amide bonds. The standard InChI is InChI=1S/C23H28N2O7S/c1-30-19-8-6-7-16(12-19)21(25-9-4-5-10-25)15-24-33(28,29)20-13-17(22(26)31-2)11-18(14-20)23(27)32-3/h6-8,11-14,21,24H,4-5,9-10,15H2,1-3H3. The molecule has 1 aliphatic heterocycles. The van der Waals surface area contributed by atoms with Gasteiger partial charge in [-0.05, 0) is 61.8 Å². The lowest BCUT2D eigenvalue weighted by Crippen LogP contribution is -2.37. The van der Waals surface area contributed by atoms with Crippen LogP contribution < -0.4 is 9.46 Å². The summed E-state index contributed by atoms with van der Waals surface area (Å²) in [5, 5.41) is 0. The summed E-state index contributed by atoms with van der Waals surface area (Å²) in [7, 11) is -0.127. The van der Waals surface area contributed by atoms with Gasteiger partial charge in [-0.25, -0.2) is 22.7 Å². The quantitative estimate of drug-likeness (QED) is 0.549. The summed E-state index contributed by atoms with van der Waals surface area (Å²) in [6.45, 7) is 1.81. The van der Waals surface area contributed by atoms with Crippen molar-refractivity contribution in [1.82, 2.24) is 9.62 Å². The monoisotopic (exact) mass is 476 g/mol. The van der Waals surface area contributed by atoms with Gasteiger partial charge in [-0.1, -0.05) is 12.1 Å². The Morgan fingerprint density at radius 3 is 2.12 bits per heavy atom. The number of carbonyl (C=O) groups is 2. The van der Waals surface area contributed by atoms with Gasteiger partial charge in [0.05, 0.1) is 37.4 Å². The van der Waals surface area contributed by atoms with E-state index in [2.05, 4.69) is 9.62 Å². The summed E-state index contributed by atoms with van der Waals surface area (Å²) in [6.07, 6.45) is 2.08. The van der Waals surface area contributed by atoms with Crippen molar-refractivity contribution in [3.8, 4) is 5.75 Å². The Morgan fingerprint density at radius 2 is 1.58 bits per heavy atom. The zero-order valence-electron chi connectivity index (χ0n) is 18.9. The number of hydrogen-bond donors (Lipinski definition) is 1. The van der Waals surface area contributed by atoms with Gasteiger partial charge in [0.1, 0.15) is 5.75 Å². The van der Waals surface area contributed by atoms with Gasteiger partial charge in [-0.15, -0.1) is 0 Å². The fourth-order valence-corrected chi connectivity index (χ4v) is 4.97. The molecule has 0 bridgehead atoms. The molecule has 2 aromatic carbocycles. The van der Waals surface area contributed by atoms with Gasteiger partial charge in [-0.3, -0.25) is 4.90 Å². The largest absolute Gasteiger partial charge is 0.497 e. The number of ether oxygens (including phenoxy) is 3. The first-order valence-corrected chi connectivity index (χ1v) is 12.0. The third-order valence-corrected chi connectivity index (χ3v) is 6.99. The predicted molar refractivity (Wildman–Crippen MR) is 121 cm³/mol. The van der Waals surface area contributed by atoms with E-state index in [1.54, 1.807) is 7.11 Å². The molecular weight excluding hydrogens is 448 g/mol. The Morgan fingerprint density at radius 1 is 0.970 bits per heavy atom. The molecule has 0 spiro atoms. The fraction of sp³-hybridized carbons (Fsp3) is 0.391. The van der Waals surface area contributed by atoms with E-state index >= 15 is 0 Å². The maximum atomic E-state index is 13.2. The molecule has 33 heavy (non-hydrogen) atoms. The van der Waals surface area contributed by atoms with E-state index in [-0.39, 0.29) is 28.6 Å². The third kappa shape index (κ3) is 5.89. The summed E-state index contributed by atoms with van der Waals surface area (Å²) >= 11 is 0. The average Bonchev–Trinajstić information content (AvgIpc) is 3.37. The fourth-order valence-electron chi connectivity index (χ4n) is 3.86. The Kier molecular flexibility index (Phi) is 8.06. The van der Waals surface area contributed by atoms with Gasteiger partial charge in [0, 0.05) is 12.6 Å². The number of sulfonamides is 1. The van der Waals surface area contributed by atoms with E-state index in [4.69, 9.17) is 14.2 Å². The molecule has 1 unspecified atom stereocenters. The van der Waals surface area contributed by atoms with Crippen LogP contribution in [0.4, 0.5) is 0 Å². The van der Waals surface area contributed by atoms with Gasteiger partial charge < -0.3 is 14.2 Å². The van der Waals surface area contributed by atoms with Crippen molar-refractivity contribution in [2.24, 2.45) is 0 Å². The second-order valence-corrected chi connectivity index (χ2v) is 9.38. The van der Waals surface area contributed by atoms with Crippen LogP contribution in [-0.2, 0) is 19.5 Å². The van der Waals surface area contributed by atoms with Crippen LogP contribution in [0.5, 0.6) is 5.75 Å².